The van der Waals surface area contributed by atoms with E-state index in [-0.39, 0.29) is 41.1 Å². The van der Waals surface area contributed by atoms with Crippen molar-refractivity contribution in [1.29, 1.82) is 0 Å². The minimum Gasteiger partial charge on any atom is -0.350 e. The maximum atomic E-state index is 12.2. The predicted molar refractivity (Wildman–Crippen MR) is 85.4 cm³/mol. The topological polar surface area (TPSA) is 70.2 Å². The van der Waals surface area contributed by atoms with Gasteiger partial charge in [0.2, 0.25) is 11.8 Å². The van der Waals surface area contributed by atoms with Crippen molar-refractivity contribution in [3.05, 3.63) is 0 Å². The summed E-state index contributed by atoms with van der Waals surface area (Å²) in [5, 5.41) is 9.08. The summed E-state index contributed by atoms with van der Waals surface area (Å²) in [6, 6.07) is -0.471. The average Bonchev–Trinajstić information content (AvgIpc) is 3.01. The normalized spacial score (nSPS) is 24.7. The van der Waals surface area contributed by atoms with Gasteiger partial charge in [0.05, 0.1) is 0 Å². The molecule has 1 heterocycles. The van der Waals surface area contributed by atoms with E-state index in [0.29, 0.717) is 0 Å². The van der Waals surface area contributed by atoms with Crippen LogP contribution in [0.3, 0.4) is 0 Å². The molecule has 2 aliphatic rings. The molecule has 0 aromatic heterocycles. The van der Waals surface area contributed by atoms with Crippen LogP contribution in [-0.4, -0.2) is 36.5 Å². The van der Waals surface area contributed by atoms with Gasteiger partial charge in [-0.25, -0.2) is 0 Å². The fourth-order valence-corrected chi connectivity index (χ4v) is 3.05. The summed E-state index contributed by atoms with van der Waals surface area (Å²) in [5.41, 5.74) is -0.0541. The van der Waals surface area contributed by atoms with Crippen molar-refractivity contribution in [3.63, 3.8) is 0 Å². The van der Waals surface area contributed by atoms with Crippen LogP contribution in [0.1, 0.15) is 47.0 Å². The van der Waals surface area contributed by atoms with Crippen LogP contribution in [0, 0.1) is 11.3 Å². The first kappa shape index (κ1) is 18.2. The monoisotopic (exact) mass is 317 g/mol. The van der Waals surface area contributed by atoms with Gasteiger partial charge in [0.1, 0.15) is 6.04 Å². The molecule has 6 heteroatoms. The molecule has 0 aromatic carbocycles. The average molecular weight is 318 g/mol. The molecule has 0 aromatic rings. The zero-order valence-corrected chi connectivity index (χ0v) is 14.2. The number of piperidine rings is 1. The minimum absolute atomic E-state index is 0. The van der Waals surface area contributed by atoms with E-state index >= 15 is 0 Å². The lowest BCUT2D eigenvalue weighted by atomic mass is 9.91. The second-order valence-electron chi connectivity index (χ2n) is 7.34. The van der Waals surface area contributed by atoms with Gasteiger partial charge in [0.25, 0.3) is 0 Å². The van der Waals surface area contributed by atoms with Crippen LogP contribution in [0.4, 0.5) is 0 Å². The van der Waals surface area contributed by atoms with Gasteiger partial charge in [-0.3, -0.25) is 9.59 Å². The number of nitrogens with one attached hydrogen (secondary N) is 3. The summed E-state index contributed by atoms with van der Waals surface area (Å²) in [7, 11) is 0. The lowest BCUT2D eigenvalue weighted by molar-refractivity contribution is -0.130. The maximum Gasteiger partial charge on any atom is 0.242 e. The van der Waals surface area contributed by atoms with Crippen molar-refractivity contribution in [2.24, 2.45) is 11.3 Å². The number of halogens is 1. The molecule has 0 radical (unpaired) electrons. The zero-order valence-electron chi connectivity index (χ0n) is 13.4. The molecule has 2 amide bonds. The third-order valence-corrected chi connectivity index (χ3v) is 4.36. The van der Waals surface area contributed by atoms with Gasteiger partial charge in [0, 0.05) is 11.5 Å². The Bertz CT molecular complexity index is 400. The first-order valence-electron chi connectivity index (χ1n) is 7.57. The highest BCUT2D eigenvalue weighted by atomic mass is 35.5. The van der Waals surface area contributed by atoms with E-state index in [1.54, 1.807) is 6.92 Å². The zero-order chi connectivity index (χ0) is 15.0. The molecular weight excluding hydrogens is 290 g/mol. The van der Waals surface area contributed by atoms with Gasteiger partial charge in [0.15, 0.2) is 0 Å². The molecule has 21 heavy (non-hydrogen) atoms. The van der Waals surface area contributed by atoms with Crippen molar-refractivity contribution in [3.8, 4) is 0 Å². The van der Waals surface area contributed by atoms with Gasteiger partial charge >= 0.3 is 0 Å². The molecule has 1 saturated carbocycles. The molecular formula is C15H28ClN3O2. The molecule has 122 valence electrons. The Hall–Kier alpha value is -0.810. The third-order valence-electron chi connectivity index (χ3n) is 4.36. The van der Waals surface area contributed by atoms with Crippen molar-refractivity contribution in [1.82, 2.24) is 16.0 Å². The quantitative estimate of drug-likeness (QED) is 0.733. The highest BCUT2D eigenvalue weighted by molar-refractivity contribution is 5.90. The second-order valence-corrected chi connectivity index (χ2v) is 7.34. The third kappa shape index (κ3) is 4.58. The van der Waals surface area contributed by atoms with Gasteiger partial charge in [-0.05, 0) is 65.5 Å². The fourth-order valence-electron chi connectivity index (χ4n) is 3.05. The lowest BCUT2D eigenvalue weighted by Crippen LogP contribution is -2.51. The molecule has 1 spiro atoms. The molecule has 0 bridgehead atoms. The molecule has 3 N–H and O–H groups in total. The number of hydrogen-bond donors (Lipinski definition) is 3. The number of rotatable bonds is 3. The van der Waals surface area contributed by atoms with Gasteiger partial charge in [-0.1, -0.05) is 0 Å². The first-order chi connectivity index (χ1) is 9.23. The van der Waals surface area contributed by atoms with Crippen molar-refractivity contribution in [2.45, 2.75) is 58.5 Å². The smallest absolute Gasteiger partial charge is 0.242 e. The van der Waals surface area contributed by atoms with Crippen molar-refractivity contribution in [2.75, 3.05) is 13.1 Å². The van der Waals surface area contributed by atoms with Crippen LogP contribution in [0.2, 0.25) is 0 Å². The minimum atomic E-state index is -0.471. The number of hydrogen-bond acceptors (Lipinski definition) is 3. The molecule has 2 rings (SSSR count). The second kappa shape index (κ2) is 6.53. The van der Waals surface area contributed by atoms with Gasteiger partial charge in [-0.2, -0.15) is 0 Å². The largest absolute Gasteiger partial charge is 0.350 e. The van der Waals surface area contributed by atoms with E-state index in [4.69, 9.17) is 0 Å². The summed E-state index contributed by atoms with van der Waals surface area (Å²) in [4.78, 5) is 24.2. The van der Waals surface area contributed by atoms with E-state index in [2.05, 4.69) is 16.0 Å². The van der Waals surface area contributed by atoms with Crippen LogP contribution in [-0.2, 0) is 9.59 Å². The summed E-state index contributed by atoms with van der Waals surface area (Å²) in [6.45, 7) is 9.56. The Morgan fingerprint density at radius 2 is 1.81 bits per heavy atom. The number of carbonyl (C=O) groups is 2. The van der Waals surface area contributed by atoms with Crippen LogP contribution in [0.15, 0.2) is 0 Å². The Kier molecular flexibility index (Phi) is 5.67. The van der Waals surface area contributed by atoms with Gasteiger partial charge < -0.3 is 16.0 Å². The van der Waals surface area contributed by atoms with Crippen LogP contribution < -0.4 is 16.0 Å². The molecule has 1 aliphatic heterocycles. The van der Waals surface area contributed by atoms with E-state index in [0.717, 1.165) is 32.4 Å². The number of amides is 2. The highest BCUT2D eigenvalue weighted by Crippen LogP contribution is 2.58. The Morgan fingerprint density at radius 1 is 1.24 bits per heavy atom. The van der Waals surface area contributed by atoms with Crippen LogP contribution >= 0.6 is 12.4 Å². The molecule has 1 aliphatic carbocycles. The van der Waals surface area contributed by atoms with E-state index in [1.165, 1.54) is 0 Å². The maximum absolute atomic E-state index is 12.2. The van der Waals surface area contributed by atoms with E-state index in [1.807, 2.05) is 20.8 Å². The highest BCUT2D eigenvalue weighted by Gasteiger charge is 2.57. The summed E-state index contributed by atoms with van der Waals surface area (Å²) < 4.78 is 0. The SMILES string of the molecule is CC(NC(=O)C1CC12CCNCC2)C(=O)NC(C)(C)C.Cl. The summed E-state index contributed by atoms with van der Waals surface area (Å²) in [6.07, 6.45) is 3.13. The molecule has 2 atom stereocenters. The number of carbonyl (C=O) groups excluding carboxylic acids is 2. The Labute approximate surface area is 133 Å². The van der Waals surface area contributed by atoms with E-state index < -0.39 is 6.04 Å². The fraction of sp³-hybridized carbons (Fsp3) is 0.867. The van der Waals surface area contributed by atoms with Crippen LogP contribution in [0.5, 0.6) is 0 Å². The standard InChI is InChI=1S/C15H27N3O2.ClH/c1-10(12(19)18-14(2,3)4)17-13(20)11-9-15(11)5-7-16-8-6-15;/h10-11,16H,5-9H2,1-4H3,(H,17,20)(H,18,19);1H. The summed E-state index contributed by atoms with van der Waals surface area (Å²) >= 11 is 0. The Balaban J connectivity index is 0.00000220. The predicted octanol–water partition coefficient (Wildman–Crippen LogP) is 1.22. The molecule has 5 nitrogen and oxygen atoms in total. The molecule has 2 unspecified atom stereocenters. The van der Waals surface area contributed by atoms with Crippen molar-refractivity contribution < 1.29 is 9.59 Å². The first-order valence-corrected chi connectivity index (χ1v) is 7.57. The van der Waals surface area contributed by atoms with E-state index in [9.17, 15) is 9.59 Å². The molecule has 1 saturated heterocycles. The summed E-state index contributed by atoms with van der Waals surface area (Å²) in [5.74, 6) is 0.0313. The van der Waals surface area contributed by atoms with Crippen molar-refractivity contribution >= 4 is 24.2 Å². The van der Waals surface area contributed by atoms with Gasteiger partial charge in [-0.15, -0.1) is 12.4 Å². The van der Waals surface area contributed by atoms with Crippen LogP contribution in [0.25, 0.3) is 0 Å². The Morgan fingerprint density at radius 3 is 2.33 bits per heavy atom. The molecule has 2 fully saturated rings. The lowest BCUT2D eigenvalue weighted by Gasteiger charge is -2.25.